The molecule has 0 atom stereocenters. The van der Waals surface area contributed by atoms with Crippen molar-refractivity contribution < 1.29 is 0 Å². The maximum atomic E-state index is 4.28. The average molecular weight is 634 g/mol. The van der Waals surface area contributed by atoms with E-state index in [0.717, 1.165) is 0 Å². The van der Waals surface area contributed by atoms with E-state index >= 15 is 0 Å². The first kappa shape index (κ1) is 28.4. The van der Waals surface area contributed by atoms with Crippen LogP contribution in [0.15, 0.2) is 188 Å². The van der Waals surface area contributed by atoms with E-state index < -0.39 is 0 Å². The molecule has 0 amide bonds. The lowest BCUT2D eigenvalue weighted by Gasteiger charge is -2.17. The normalized spacial score (nSPS) is 11.6. The molecule has 1 nitrogen and oxygen atoms in total. The number of nitrogens with zero attached hydrogens (tertiary/aromatic N) is 1. The number of hydrogen-bond donors (Lipinski definition) is 0. The van der Waals surface area contributed by atoms with Gasteiger partial charge in [0.1, 0.15) is 0 Å². The molecule has 0 spiro atoms. The fraction of sp³-hybridized carbons (Fsp3) is 0. The lowest BCUT2D eigenvalue weighted by Crippen LogP contribution is -1.91. The Morgan fingerprint density at radius 1 is 0.260 bits per heavy atom. The SMILES string of the molecule is c1ccc2cc3c(ccc4c(-c5ccc(-c6ccc(-c7c8ccccc8c(-c8ccncc8)c8ccccc78)cc6)cc5)cccc43)cc2c1. The minimum absolute atomic E-state index is 1.18. The van der Waals surface area contributed by atoms with Crippen LogP contribution < -0.4 is 0 Å². The molecule has 1 heteroatoms. The molecule has 10 rings (SSSR count). The molecule has 0 saturated heterocycles. The number of hydrogen-bond acceptors (Lipinski definition) is 1. The molecule has 1 aromatic heterocycles. The summed E-state index contributed by atoms with van der Waals surface area (Å²) in [5.74, 6) is 0. The van der Waals surface area contributed by atoms with Crippen molar-refractivity contribution in [3.05, 3.63) is 188 Å². The van der Waals surface area contributed by atoms with Crippen LogP contribution in [0.2, 0.25) is 0 Å². The fourth-order valence-electron chi connectivity index (χ4n) is 7.97. The van der Waals surface area contributed by atoms with Crippen molar-refractivity contribution in [3.63, 3.8) is 0 Å². The van der Waals surface area contributed by atoms with E-state index in [4.69, 9.17) is 0 Å². The van der Waals surface area contributed by atoms with Crippen LogP contribution in [0.3, 0.4) is 0 Å². The summed E-state index contributed by atoms with van der Waals surface area (Å²) in [6.07, 6.45) is 3.76. The van der Waals surface area contributed by atoms with Crippen LogP contribution in [0, 0.1) is 0 Å². The number of pyridine rings is 1. The minimum Gasteiger partial charge on any atom is -0.265 e. The smallest absolute Gasteiger partial charge is 0.0273 e. The van der Waals surface area contributed by atoms with Gasteiger partial charge in [0.15, 0.2) is 0 Å². The molecule has 0 saturated carbocycles. The predicted molar refractivity (Wildman–Crippen MR) is 214 cm³/mol. The standard InChI is InChI=1S/C49H31N/c1-2-9-38-31-47-39(30-37(38)8-1)24-25-42-40(14-7-15-41(42)47)34-20-16-32(17-21-34)33-18-22-35(23-19-33)48-43-10-3-5-12-45(43)49(36-26-28-50-29-27-36)46-13-6-4-11-44(46)48/h1-31H. The first-order chi connectivity index (χ1) is 24.8. The van der Waals surface area contributed by atoms with Gasteiger partial charge in [-0.05, 0) is 123 Å². The van der Waals surface area contributed by atoms with E-state index in [1.165, 1.54) is 98.4 Å². The van der Waals surface area contributed by atoms with Crippen molar-refractivity contribution in [3.8, 4) is 44.5 Å². The van der Waals surface area contributed by atoms with Gasteiger partial charge in [-0.1, -0.05) is 152 Å². The van der Waals surface area contributed by atoms with E-state index in [2.05, 4.69) is 181 Å². The van der Waals surface area contributed by atoms with Gasteiger partial charge >= 0.3 is 0 Å². The second kappa shape index (κ2) is 11.5. The van der Waals surface area contributed by atoms with Gasteiger partial charge in [-0.3, -0.25) is 4.98 Å². The van der Waals surface area contributed by atoms with Crippen molar-refractivity contribution >= 4 is 53.9 Å². The molecule has 0 N–H and O–H groups in total. The summed E-state index contributed by atoms with van der Waals surface area (Å²) in [5, 5.41) is 12.7. The van der Waals surface area contributed by atoms with Crippen LogP contribution in [0.1, 0.15) is 0 Å². The summed E-state index contributed by atoms with van der Waals surface area (Å²) in [5.41, 5.74) is 9.83. The summed E-state index contributed by atoms with van der Waals surface area (Å²) in [6.45, 7) is 0. The Balaban J connectivity index is 1.03. The van der Waals surface area contributed by atoms with Gasteiger partial charge in [0, 0.05) is 12.4 Å². The molecule has 50 heavy (non-hydrogen) atoms. The molecule has 0 bridgehead atoms. The summed E-state index contributed by atoms with van der Waals surface area (Å²) < 4.78 is 0. The van der Waals surface area contributed by atoms with Crippen molar-refractivity contribution in [1.29, 1.82) is 0 Å². The highest BCUT2D eigenvalue weighted by atomic mass is 14.6. The van der Waals surface area contributed by atoms with Crippen molar-refractivity contribution in [2.75, 3.05) is 0 Å². The van der Waals surface area contributed by atoms with E-state index in [9.17, 15) is 0 Å². The highest BCUT2D eigenvalue weighted by Crippen LogP contribution is 2.44. The zero-order valence-corrected chi connectivity index (χ0v) is 27.3. The highest BCUT2D eigenvalue weighted by molar-refractivity contribution is 6.21. The largest absolute Gasteiger partial charge is 0.265 e. The van der Waals surface area contributed by atoms with Crippen molar-refractivity contribution in [1.82, 2.24) is 4.98 Å². The molecule has 0 aliphatic carbocycles. The first-order valence-electron chi connectivity index (χ1n) is 17.2. The van der Waals surface area contributed by atoms with Crippen LogP contribution in [-0.2, 0) is 0 Å². The number of rotatable bonds is 4. The third-order valence-electron chi connectivity index (χ3n) is 10.3. The molecule has 1 heterocycles. The van der Waals surface area contributed by atoms with Crippen molar-refractivity contribution in [2.24, 2.45) is 0 Å². The lowest BCUT2D eigenvalue weighted by atomic mass is 9.86. The van der Waals surface area contributed by atoms with Crippen LogP contribution in [-0.4, -0.2) is 4.98 Å². The Bertz CT molecular complexity index is 2830. The van der Waals surface area contributed by atoms with E-state index in [-0.39, 0.29) is 0 Å². The topological polar surface area (TPSA) is 12.9 Å². The quantitative estimate of drug-likeness (QED) is 0.139. The van der Waals surface area contributed by atoms with E-state index in [1.807, 2.05) is 12.4 Å². The Morgan fingerprint density at radius 3 is 1.34 bits per heavy atom. The van der Waals surface area contributed by atoms with E-state index in [0.29, 0.717) is 0 Å². The molecule has 0 radical (unpaired) electrons. The Morgan fingerprint density at radius 2 is 0.740 bits per heavy atom. The molecule has 0 aliphatic heterocycles. The molecular weight excluding hydrogens is 603 g/mol. The molecule has 0 unspecified atom stereocenters. The minimum atomic E-state index is 1.18. The number of benzene rings is 9. The first-order valence-corrected chi connectivity index (χ1v) is 17.2. The maximum absolute atomic E-state index is 4.28. The molecular formula is C49H31N. The molecule has 0 fully saturated rings. The number of fused-ring (bicyclic) bond motifs is 6. The summed E-state index contributed by atoms with van der Waals surface area (Å²) in [7, 11) is 0. The second-order valence-corrected chi connectivity index (χ2v) is 13.1. The molecule has 232 valence electrons. The van der Waals surface area contributed by atoms with Crippen LogP contribution >= 0.6 is 0 Å². The maximum Gasteiger partial charge on any atom is 0.0273 e. The summed E-state index contributed by atoms with van der Waals surface area (Å²) >= 11 is 0. The highest BCUT2D eigenvalue weighted by Gasteiger charge is 2.16. The Labute approximate surface area is 290 Å². The third-order valence-corrected chi connectivity index (χ3v) is 10.3. The van der Waals surface area contributed by atoms with E-state index in [1.54, 1.807) is 0 Å². The van der Waals surface area contributed by atoms with Gasteiger partial charge in [0.05, 0.1) is 0 Å². The molecule has 0 aliphatic rings. The van der Waals surface area contributed by atoms with Gasteiger partial charge < -0.3 is 0 Å². The fourth-order valence-corrected chi connectivity index (χ4v) is 7.97. The van der Waals surface area contributed by atoms with Crippen LogP contribution in [0.5, 0.6) is 0 Å². The summed E-state index contributed by atoms with van der Waals surface area (Å²) in [6, 6.07) is 64.4. The molecule has 9 aromatic carbocycles. The summed E-state index contributed by atoms with van der Waals surface area (Å²) in [4.78, 5) is 4.28. The predicted octanol–water partition coefficient (Wildman–Crippen LogP) is 13.5. The zero-order valence-electron chi connectivity index (χ0n) is 27.3. The van der Waals surface area contributed by atoms with Crippen molar-refractivity contribution in [2.45, 2.75) is 0 Å². The van der Waals surface area contributed by atoms with Gasteiger partial charge in [0.2, 0.25) is 0 Å². The third kappa shape index (κ3) is 4.59. The van der Waals surface area contributed by atoms with Gasteiger partial charge in [-0.15, -0.1) is 0 Å². The Kier molecular flexibility index (Phi) is 6.57. The van der Waals surface area contributed by atoms with Crippen LogP contribution in [0.25, 0.3) is 98.4 Å². The van der Waals surface area contributed by atoms with Gasteiger partial charge in [-0.25, -0.2) is 0 Å². The zero-order chi connectivity index (χ0) is 33.0. The second-order valence-electron chi connectivity index (χ2n) is 13.1. The lowest BCUT2D eigenvalue weighted by molar-refractivity contribution is 1.33. The van der Waals surface area contributed by atoms with Gasteiger partial charge in [-0.2, -0.15) is 0 Å². The van der Waals surface area contributed by atoms with Crippen LogP contribution in [0.4, 0.5) is 0 Å². The molecule has 10 aromatic rings. The Hall–Kier alpha value is -6.57. The monoisotopic (exact) mass is 633 g/mol. The van der Waals surface area contributed by atoms with Gasteiger partial charge in [0.25, 0.3) is 0 Å². The number of aromatic nitrogens is 1. The average Bonchev–Trinajstić information content (AvgIpc) is 3.19.